The number of anilines is 2. The lowest BCUT2D eigenvalue weighted by Crippen LogP contribution is -2.08. The molecule has 0 unspecified atom stereocenters. The molecule has 0 spiro atoms. The Morgan fingerprint density at radius 2 is 1.61 bits per heavy atom. The van der Waals surface area contributed by atoms with E-state index in [4.69, 9.17) is 25.6 Å². The number of nitrogens with zero attached hydrogens (tertiary/aromatic N) is 3. The maximum absolute atomic E-state index is 12.1. The van der Waals surface area contributed by atoms with Gasteiger partial charge >= 0.3 is 11.9 Å². The minimum Gasteiger partial charge on any atom is -0.465 e. The van der Waals surface area contributed by atoms with Crippen LogP contribution in [0.1, 0.15) is 20.7 Å². The molecular weight excluding hydrogens is 424 g/mol. The van der Waals surface area contributed by atoms with E-state index in [2.05, 4.69) is 20.4 Å². The van der Waals surface area contributed by atoms with Gasteiger partial charge in [-0.3, -0.25) is 0 Å². The fourth-order valence-corrected chi connectivity index (χ4v) is 3.12. The number of nitrogens with one attached hydrogen (secondary N) is 1. The summed E-state index contributed by atoms with van der Waals surface area (Å²) in [6.45, 7) is 0. The van der Waals surface area contributed by atoms with Crippen LogP contribution in [0, 0.1) is 0 Å². The maximum Gasteiger partial charge on any atom is 0.337 e. The van der Waals surface area contributed by atoms with Crippen LogP contribution < -0.4 is 5.32 Å². The van der Waals surface area contributed by atoms with E-state index in [9.17, 15) is 9.59 Å². The molecular formula is C21H15ClN4O5. The molecule has 0 atom stereocenters. The Hall–Kier alpha value is -3.98. The summed E-state index contributed by atoms with van der Waals surface area (Å²) in [6, 6.07) is 11.5. The van der Waals surface area contributed by atoms with Crippen molar-refractivity contribution in [2.45, 2.75) is 0 Å². The summed E-state index contributed by atoms with van der Waals surface area (Å²) in [6.07, 6.45) is 1.31. The Morgan fingerprint density at radius 1 is 0.968 bits per heavy atom. The van der Waals surface area contributed by atoms with Crippen molar-refractivity contribution >= 4 is 46.1 Å². The SMILES string of the molecule is COC(=O)c1cc(Nc2ncnc3onc(-c4ccc(Cl)cc4)c23)cc(C(=O)OC)c1. The molecule has 0 aliphatic heterocycles. The number of hydrogen-bond acceptors (Lipinski definition) is 9. The molecule has 4 aromatic rings. The number of halogens is 1. The van der Waals surface area contributed by atoms with Gasteiger partial charge in [0.15, 0.2) is 0 Å². The summed E-state index contributed by atoms with van der Waals surface area (Å²) in [5.41, 5.74) is 2.26. The Bertz CT molecular complexity index is 1250. The predicted molar refractivity (Wildman–Crippen MR) is 112 cm³/mol. The van der Waals surface area contributed by atoms with Crippen molar-refractivity contribution in [2.75, 3.05) is 19.5 Å². The lowest BCUT2D eigenvalue weighted by molar-refractivity contribution is 0.0599. The van der Waals surface area contributed by atoms with Crippen LogP contribution in [0.3, 0.4) is 0 Å². The molecule has 2 aromatic heterocycles. The Balaban J connectivity index is 1.82. The fraction of sp³-hybridized carbons (Fsp3) is 0.0952. The largest absolute Gasteiger partial charge is 0.465 e. The van der Waals surface area contributed by atoms with Crippen molar-refractivity contribution in [3.8, 4) is 11.3 Å². The number of aromatic nitrogens is 3. The number of methoxy groups -OCH3 is 2. The van der Waals surface area contributed by atoms with E-state index < -0.39 is 11.9 Å². The van der Waals surface area contributed by atoms with Gasteiger partial charge in [0.2, 0.25) is 0 Å². The lowest BCUT2D eigenvalue weighted by atomic mass is 10.1. The zero-order valence-corrected chi connectivity index (χ0v) is 17.1. The summed E-state index contributed by atoms with van der Waals surface area (Å²) >= 11 is 5.98. The van der Waals surface area contributed by atoms with Gasteiger partial charge in [0.25, 0.3) is 5.71 Å². The first-order valence-corrected chi connectivity index (χ1v) is 9.33. The molecule has 10 heteroatoms. The van der Waals surface area contributed by atoms with E-state index in [0.717, 1.165) is 5.56 Å². The number of carbonyl (C=O) groups excluding carboxylic acids is 2. The molecule has 0 amide bonds. The maximum atomic E-state index is 12.1. The summed E-state index contributed by atoms with van der Waals surface area (Å²) in [7, 11) is 2.51. The number of rotatable bonds is 5. The third kappa shape index (κ3) is 4.03. The molecule has 0 bridgehead atoms. The minimum atomic E-state index is -0.603. The van der Waals surface area contributed by atoms with Crippen LogP contribution in [0.25, 0.3) is 22.4 Å². The number of carbonyl (C=O) groups is 2. The van der Waals surface area contributed by atoms with E-state index in [1.807, 2.05) is 0 Å². The molecule has 2 heterocycles. The van der Waals surface area contributed by atoms with Crippen LogP contribution >= 0.6 is 11.6 Å². The van der Waals surface area contributed by atoms with Gasteiger partial charge in [-0.1, -0.05) is 28.9 Å². The van der Waals surface area contributed by atoms with Gasteiger partial charge < -0.3 is 19.3 Å². The molecule has 0 saturated heterocycles. The van der Waals surface area contributed by atoms with Gasteiger partial charge in [0.05, 0.1) is 25.3 Å². The van der Waals surface area contributed by atoms with Crippen LogP contribution in [-0.2, 0) is 9.47 Å². The van der Waals surface area contributed by atoms with Crippen LogP contribution in [0.5, 0.6) is 0 Å². The van der Waals surface area contributed by atoms with Crippen molar-refractivity contribution in [3.63, 3.8) is 0 Å². The highest BCUT2D eigenvalue weighted by Crippen LogP contribution is 2.33. The van der Waals surface area contributed by atoms with Gasteiger partial charge in [-0.15, -0.1) is 0 Å². The summed E-state index contributed by atoms with van der Waals surface area (Å²) in [5.74, 6) is -0.837. The van der Waals surface area contributed by atoms with Crippen LogP contribution in [0.15, 0.2) is 53.3 Å². The van der Waals surface area contributed by atoms with Crippen molar-refractivity contribution in [2.24, 2.45) is 0 Å². The molecule has 0 fully saturated rings. The number of esters is 2. The van der Waals surface area contributed by atoms with Crippen LogP contribution in [-0.4, -0.2) is 41.3 Å². The van der Waals surface area contributed by atoms with Gasteiger partial charge in [-0.25, -0.2) is 14.6 Å². The van der Waals surface area contributed by atoms with E-state index >= 15 is 0 Å². The van der Waals surface area contributed by atoms with Gasteiger partial charge in [-0.05, 0) is 30.3 Å². The molecule has 0 saturated carbocycles. The number of fused-ring (bicyclic) bond motifs is 1. The molecule has 156 valence electrons. The number of benzene rings is 2. The Labute approximate surface area is 180 Å². The lowest BCUT2D eigenvalue weighted by Gasteiger charge is -2.10. The second-order valence-electron chi connectivity index (χ2n) is 6.35. The van der Waals surface area contributed by atoms with Crippen molar-refractivity contribution in [1.82, 2.24) is 15.1 Å². The summed E-state index contributed by atoms with van der Waals surface area (Å²) in [5, 5.41) is 8.31. The zero-order valence-electron chi connectivity index (χ0n) is 16.4. The van der Waals surface area contributed by atoms with E-state index in [1.54, 1.807) is 24.3 Å². The van der Waals surface area contributed by atoms with Crippen LogP contribution in [0.2, 0.25) is 5.02 Å². The molecule has 1 N–H and O–H groups in total. The van der Waals surface area contributed by atoms with Crippen molar-refractivity contribution in [1.29, 1.82) is 0 Å². The molecule has 9 nitrogen and oxygen atoms in total. The zero-order chi connectivity index (χ0) is 22.0. The molecule has 0 radical (unpaired) electrons. The minimum absolute atomic E-state index is 0.168. The van der Waals surface area contributed by atoms with Crippen molar-refractivity contribution in [3.05, 3.63) is 64.9 Å². The Kier molecular flexibility index (Phi) is 5.50. The smallest absolute Gasteiger partial charge is 0.337 e. The molecule has 4 rings (SSSR count). The van der Waals surface area contributed by atoms with Gasteiger partial charge in [0, 0.05) is 16.3 Å². The topological polar surface area (TPSA) is 116 Å². The Morgan fingerprint density at radius 3 is 2.23 bits per heavy atom. The van der Waals surface area contributed by atoms with E-state index in [-0.39, 0.29) is 16.8 Å². The van der Waals surface area contributed by atoms with Gasteiger partial charge in [0.1, 0.15) is 23.2 Å². The monoisotopic (exact) mass is 438 g/mol. The third-order valence-electron chi connectivity index (χ3n) is 4.43. The quantitative estimate of drug-likeness (QED) is 0.456. The third-order valence-corrected chi connectivity index (χ3v) is 4.68. The fourth-order valence-electron chi connectivity index (χ4n) is 2.99. The highest BCUT2D eigenvalue weighted by molar-refractivity contribution is 6.30. The highest BCUT2D eigenvalue weighted by atomic mass is 35.5. The predicted octanol–water partition coefficient (Wildman–Crippen LogP) is 4.26. The second-order valence-corrected chi connectivity index (χ2v) is 6.78. The first-order chi connectivity index (χ1) is 15.0. The molecule has 2 aromatic carbocycles. The van der Waals surface area contributed by atoms with E-state index in [1.165, 1.54) is 38.7 Å². The summed E-state index contributed by atoms with van der Waals surface area (Å²) < 4.78 is 14.9. The second kappa shape index (κ2) is 8.41. The standard InChI is InChI=1S/C21H15ClN4O5/c1-29-20(27)12-7-13(21(28)30-2)9-15(8-12)25-18-16-17(11-3-5-14(22)6-4-11)26-31-19(16)24-10-23-18/h3-10H,1-2H3,(H,23,24,25). The normalized spacial score (nSPS) is 10.7. The van der Waals surface area contributed by atoms with Gasteiger partial charge in [-0.2, -0.15) is 4.98 Å². The summed E-state index contributed by atoms with van der Waals surface area (Å²) in [4.78, 5) is 32.5. The van der Waals surface area contributed by atoms with E-state index in [0.29, 0.717) is 27.6 Å². The molecule has 0 aliphatic carbocycles. The number of hydrogen-bond donors (Lipinski definition) is 1. The molecule has 31 heavy (non-hydrogen) atoms. The first kappa shape index (κ1) is 20.3. The first-order valence-electron chi connectivity index (χ1n) is 8.95. The van der Waals surface area contributed by atoms with Crippen LogP contribution in [0.4, 0.5) is 11.5 Å². The molecule has 0 aliphatic rings. The highest BCUT2D eigenvalue weighted by Gasteiger charge is 2.19. The average Bonchev–Trinajstić information content (AvgIpc) is 3.23. The average molecular weight is 439 g/mol. The van der Waals surface area contributed by atoms with Crippen molar-refractivity contribution < 1.29 is 23.6 Å². The number of ether oxygens (including phenoxy) is 2.